The highest BCUT2D eigenvalue weighted by molar-refractivity contribution is 5.21. The summed E-state index contributed by atoms with van der Waals surface area (Å²) in [4.78, 5) is 0. The van der Waals surface area contributed by atoms with Crippen molar-refractivity contribution < 1.29 is 9.13 Å². The van der Waals surface area contributed by atoms with Crippen molar-refractivity contribution in [1.82, 2.24) is 5.32 Å². The topological polar surface area (TPSA) is 21.3 Å². The molecule has 1 aliphatic rings. The van der Waals surface area contributed by atoms with Crippen molar-refractivity contribution >= 4 is 0 Å². The van der Waals surface area contributed by atoms with E-state index in [2.05, 4.69) is 19.2 Å². The van der Waals surface area contributed by atoms with Gasteiger partial charge >= 0.3 is 0 Å². The molecule has 1 N–H and O–H groups in total. The van der Waals surface area contributed by atoms with Gasteiger partial charge in [0.25, 0.3) is 0 Å². The van der Waals surface area contributed by atoms with Gasteiger partial charge in [0, 0.05) is 12.0 Å². The van der Waals surface area contributed by atoms with E-state index >= 15 is 0 Å². The molecular weight excluding hydrogens is 217 g/mol. The van der Waals surface area contributed by atoms with E-state index in [1.807, 2.05) is 12.1 Å². The first-order valence-corrected chi connectivity index (χ1v) is 6.31. The van der Waals surface area contributed by atoms with Gasteiger partial charge in [-0.25, -0.2) is 4.39 Å². The van der Waals surface area contributed by atoms with Crippen molar-refractivity contribution in [3.63, 3.8) is 0 Å². The summed E-state index contributed by atoms with van der Waals surface area (Å²) >= 11 is 0. The van der Waals surface area contributed by atoms with E-state index in [1.165, 1.54) is 12.1 Å². The Labute approximate surface area is 102 Å². The lowest BCUT2D eigenvalue weighted by Crippen LogP contribution is -2.28. The fourth-order valence-electron chi connectivity index (χ4n) is 2.53. The minimum atomic E-state index is -0.181. The van der Waals surface area contributed by atoms with Crippen LogP contribution in [0.4, 0.5) is 4.39 Å². The zero-order chi connectivity index (χ0) is 12.3. The average molecular weight is 237 g/mol. The van der Waals surface area contributed by atoms with Gasteiger partial charge in [-0.3, -0.25) is 0 Å². The van der Waals surface area contributed by atoms with Gasteiger partial charge < -0.3 is 10.1 Å². The summed E-state index contributed by atoms with van der Waals surface area (Å²) < 4.78 is 18.6. The summed E-state index contributed by atoms with van der Waals surface area (Å²) in [7, 11) is 0. The first-order chi connectivity index (χ1) is 8.20. The molecule has 94 valence electrons. The Morgan fingerprint density at radius 3 is 2.65 bits per heavy atom. The Balaban J connectivity index is 2.13. The third-order valence-electron chi connectivity index (χ3n) is 3.35. The maximum Gasteiger partial charge on any atom is 0.123 e. The Kier molecular flexibility index (Phi) is 4.13. The molecule has 1 aromatic rings. The van der Waals surface area contributed by atoms with Gasteiger partial charge in [0.05, 0.1) is 12.7 Å². The van der Waals surface area contributed by atoms with Crippen LogP contribution in [0, 0.1) is 11.7 Å². The molecule has 3 unspecified atom stereocenters. The smallest absolute Gasteiger partial charge is 0.123 e. The number of ether oxygens (including phenoxy) is 1. The van der Waals surface area contributed by atoms with Crippen LogP contribution in [0.15, 0.2) is 24.3 Å². The van der Waals surface area contributed by atoms with Crippen LogP contribution in [-0.2, 0) is 4.74 Å². The molecule has 0 saturated carbocycles. The van der Waals surface area contributed by atoms with Crippen molar-refractivity contribution in [3.8, 4) is 0 Å². The number of hydrogen-bond acceptors (Lipinski definition) is 2. The molecule has 17 heavy (non-hydrogen) atoms. The molecule has 1 heterocycles. The number of benzene rings is 1. The second-order valence-electron chi connectivity index (χ2n) is 4.73. The fourth-order valence-corrected chi connectivity index (χ4v) is 2.53. The molecule has 0 bridgehead atoms. The second kappa shape index (κ2) is 5.61. The van der Waals surface area contributed by atoms with Crippen LogP contribution in [0.3, 0.4) is 0 Å². The van der Waals surface area contributed by atoms with Gasteiger partial charge in [-0.05, 0) is 37.6 Å². The highest BCUT2D eigenvalue weighted by Gasteiger charge is 2.29. The minimum absolute atomic E-state index is 0.181. The van der Waals surface area contributed by atoms with E-state index in [-0.39, 0.29) is 11.9 Å². The van der Waals surface area contributed by atoms with E-state index in [1.54, 1.807) is 0 Å². The lowest BCUT2D eigenvalue weighted by Gasteiger charge is -2.23. The van der Waals surface area contributed by atoms with Crippen molar-refractivity contribution in [2.24, 2.45) is 5.92 Å². The monoisotopic (exact) mass is 237 g/mol. The van der Waals surface area contributed by atoms with Gasteiger partial charge in [0.1, 0.15) is 5.82 Å². The van der Waals surface area contributed by atoms with E-state index < -0.39 is 0 Å². The largest absolute Gasteiger partial charge is 0.378 e. The van der Waals surface area contributed by atoms with Crippen LogP contribution < -0.4 is 5.32 Å². The van der Waals surface area contributed by atoms with Crippen molar-refractivity contribution in [3.05, 3.63) is 35.6 Å². The molecule has 0 aliphatic carbocycles. The molecule has 1 aliphatic heterocycles. The van der Waals surface area contributed by atoms with E-state index in [9.17, 15) is 4.39 Å². The Hall–Kier alpha value is -0.930. The van der Waals surface area contributed by atoms with Gasteiger partial charge in [0.2, 0.25) is 0 Å². The minimum Gasteiger partial charge on any atom is -0.378 e. The lowest BCUT2D eigenvalue weighted by molar-refractivity contribution is 0.117. The van der Waals surface area contributed by atoms with Gasteiger partial charge in [-0.2, -0.15) is 0 Å². The van der Waals surface area contributed by atoms with Crippen LogP contribution in [-0.4, -0.2) is 19.3 Å². The molecule has 0 amide bonds. The normalized spacial score (nSPS) is 26.1. The summed E-state index contributed by atoms with van der Waals surface area (Å²) in [5, 5.41) is 3.48. The van der Waals surface area contributed by atoms with Crippen molar-refractivity contribution in [2.45, 2.75) is 32.4 Å². The van der Waals surface area contributed by atoms with Crippen LogP contribution in [0.25, 0.3) is 0 Å². The fraction of sp³-hybridized carbons (Fsp3) is 0.571. The van der Waals surface area contributed by atoms with E-state index in [4.69, 9.17) is 4.74 Å². The summed E-state index contributed by atoms with van der Waals surface area (Å²) in [6.45, 7) is 5.90. The SMILES string of the molecule is CCNC(c1ccc(F)cc1)C1COC(C)C1. The highest BCUT2D eigenvalue weighted by Crippen LogP contribution is 2.31. The Morgan fingerprint density at radius 2 is 2.12 bits per heavy atom. The maximum absolute atomic E-state index is 12.9. The molecule has 3 heteroatoms. The number of rotatable bonds is 4. The predicted octanol–water partition coefficient (Wildman–Crippen LogP) is 2.90. The van der Waals surface area contributed by atoms with Gasteiger partial charge in [-0.15, -0.1) is 0 Å². The van der Waals surface area contributed by atoms with E-state index in [0.29, 0.717) is 12.0 Å². The molecule has 1 fully saturated rings. The molecule has 1 saturated heterocycles. The van der Waals surface area contributed by atoms with Crippen molar-refractivity contribution in [1.29, 1.82) is 0 Å². The molecule has 1 aromatic carbocycles. The van der Waals surface area contributed by atoms with Crippen LogP contribution >= 0.6 is 0 Å². The maximum atomic E-state index is 12.9. The first kappa shape index (κ1) is 12.5. The Bertz CT molecular complexity index is 352. The molecule has 0 radical (unpaired) electrons. The summed E-state index contributed by atoms with van der Waals surface area (Å²) in [6.07, 6.45) is 1.40. The molecule has 2 rings (SSSR count). The second-order valence-corrected chi connectivity index (χ2v) is 4.73. The number of nitrogens with one attached hydrogen (secondary N) is 1. The Morgan fingerprint density at radius 1 is 1.41 bits per heavy atom. The molecule has 0 aromatic heterocycles. The van der Waals surface area contributed by atoms with Crippen LogP contribution in [0.2, 0.25) is 0 Å². The molecule has 3 atom stereocenters. The average Bonchev–Trinajstić information content (AvgIpc) is 2.74. The zero-order valence-corrected chi connectivity index (χ0v) is 10.4. The van der Waals surface area contributed by atoms with Crippen molar-refractivity contribution in [2.75, 3.05) is 13.2 Å². The zero-order valence-electron chi connectivity index (χ0n) is 10.4. The number of halogens is 1. The summed E-state index contributed by atoms with van der Waals surface area (Å²) in [5.74, 6) is 0.301. The summed E-state index contributed by atoms with van der Waals surface area (Å²) in [5.41, 5.74) is 1.15. The molecule has 2 nitrogen and oxygen atoms in total. The van der Waals surface area contributed by atoms with Gasteiger partial charge in [0.15, 0.2) is 0 Å². The van der Waals surface area contributed by atoms with Gasteiger partial charge in [-0.1, -0.05) is 19.1 Å². The van der Waals surface area contributed by atoms with Crippen LogP contribution in [0.1, 0.15) is 31.9 Å². The van der Waals surface area contributed by atoms with Crippen LogP contribution in [0.5, 0.6) is 0 Å². The first-order valence-electron chi connectivity index (χ1n) is 6.31. The standard InChI is InChI=1S/C14H20FNO/c1-3-16-14(12-8-10(2)17-9-12)11-4-6-13(15)7-5-11/h4-7,10,12,14,16H,3,8-9H2,1-2H3. The summed E-state index contributed by atoms with van der Waals surface area (Å²) in [6, 6.07) is 7.06. The molecule has 0 spiro atoms. The third-order valence-corrected chi connectivity index (χ3v) is 3.35. The highest BCUT2D eigenvalue weighted by atomic mass is 19.1. The lowest BCUT2D eigenvalue weighted by atomic mass is 9.91. The third kappa shape index (κ3) is 3.05. The predicted molar refractivity (Wildman–Crippen MR) is 66.3 cm³/mol. The molecular formula is C14H20FNO. The quantitative estimate of drug-likeness (QED) is 0.869. The number of hydrogen-bond donors (Lipinski definition) is 1. The van der Waals surface area contributed by atoms with E-state index in [0.717, 1.165) is 25.1 Å².